The van der Waals surface area contributed by atoms with Crippen molar-refractivity contribution in [3.63, 3.8) is 0 Å². The van der Waals surface area contributed by atoms with Gasteiger partial charge in [0.25, 0.3) is 11.8 Å². The summed E-state index contributed by atoms with van der Waals surface area (Å²) in [5.74, 6) is -2.32. The zero-order valence-electron chi connectivity index (χ0n) is 31.3. The average Bonchev–Trinajstić information content (AvgIpc) is 3.19. The molecule has 2 atom stereocenters. The summed E-state index contributed by atoms with van der Waals surface area (Å²) in [5.41, 5.74) is 2.78. The van der Waals surface area contributed by atoms with Gasteiger partial charge in [0, 0.05) is 23.4 Å². The predicted molar refractivity (Wildman–Crippen MR) is 213 cm³/mol. The molecule has 2 amide bonds. The van der Waals surface area contributed by atoms with Gasteiger partial charge in [0.05, 0.1) is 48.9 Å². The number of aromatic amines is 1. The Kier molecular flexibility index (Phi) is 14.4. The Bertz CT molecular complexity index is 2430. The average molecular weight is 811 g/mol. The first-order valence-electron chi connectivity index (χ1n) is 17.8. The first kappa shape index (κ1) is 42.2. The van der Waals surface area contributed by atoms with E-state index in [9.17, 15) is 28.5 Å². The molecule has 2 heterocycles. The zero-order valence-corrected chi connectivity index (χ0v) is 32.2. The van der Waals surface area contributed by atoms with Crippen LogP contribution in [-0.2, 0) is 40.7 Å². The molecule has 18 nitrogen and oxygen atoms in total. The van der Waals surface area contributed by atoms with Gasteiger partial charge in [-0.3, -0.25) is 33.0 Å². The summed E-state index contributed by atoms with van der Waals surface area (Å²) in [6.07, 6.45) is 8.47. The molecule has 58 heavy (non-hydrogen) atoms. The Morgan fingerprint density at radius 3 is 2.38 bits per heavy atom. The maximum absolute atomic E-state index is 13.3. The molecule has 300 valence electrons. The second-order valence-corrected chi connectivity index (χ2v) is 14.0. The van der Waals surface area contributed by atoms with E-state index in [1.807, 2.05) is 6.11 Å². The number of phosphoric ester groups is 1. The second-order valence-electron chi connectivity index (χ2n) is 12.4. The van der Waals surface area contributed by atoms with Crippen LogP contribution < -0.4 is 26.8 Å². The van der Waals surface area contributed by atoms with E-state index >= 15 is 0 Å². The Balaban J connectivity index is 1.17. The van der Waals surface area contributed by atoms with Crippen molar-refractivity contribution >= 4 is 65.6 Å². The normalized spacial score (nSPS) is 12.4. The lowest BCUT2D eigenvalue weighted by Gasteiger charge is -2.15. The van der Waals surface area contributed by atoms with E-state index in [4.69, 9.17) is 20.6 Å². The summed E-state index contributed by atoms with van der Waals surface area (Å²) < 4.78 is 27.3. The van der Waals surface area contributed by atoms with Crippen molar-refractivity contribution in [2.45, 2.75) is 45.7 Å². The number of hydrogen-bond acceptors (Lipinski definition) is 14. The molecule has 3 aromatic carbocycles. The molecule has 0 spiro atoms. The van der Waals surface area contributed by atoms with Gasteiger partial charge >= 0.3 is 19.4 Å². The van der Waals surface area contributed by atoms with Crippen molar-refractivity contribution in [3.8, 4) is 12.5 Å². The van der Waals surface area contributed by atoms with Crippen LogP contribution in [0.1, 0.15) is 58.7 Å². The molecular formula is C39H39N8O10P. The number of para-hydroxylation sites is 1. The highest BCUT2D eigenvalue weighted by atomic mass is 31.2. The summed E-state index contributed by atoms with van der Waals surface area (Å²) in [5, 5.41) is 20.4. The second kappa shape index (κ2) is 19.8. The number of terminal acetylenes is 1. The number of H-pyrrole nitrogens is 1. The molecule has 19 heteroatoms. The van der Waals surface area contributed by atoms with Crippen molar-refractivity contribution in [2.24, 2.45) is 0 Å². The van der Waals surface area contributed by atoms with Crippen LogP contribution in [0.4, 0.5) is 23.0 Å². The minimum Gasteiger partial charge on any atom is -0.481 e. The van der Waals surface area contributed by atoms with Crippen LogP contribution in [0, 0.1) is 12.5 Å². The largest absolute Gasteiger partial charge is 0.538 e. The van der Waals surface area contributed by atoms with Crippen molar-refractivity contribution in [1.29, 1.82) is 0 Å². The summed E-state index contributed by atoms with van der Waals surface area (Å²) in [6.45, 7) is 3.21. The number of ketones is 1. The number of benzene rings is 3. The summed E-state index contributed by atoms with van der Waals surface area (Å²) >= 11 is 0. The molecule has 0 radical (unpaired) electrons. The molecule has 0 aliphatic heterocycles. The number of nitrogens with one attached hydrogen (secondary N) is 5. The summed E-state index contributed by atoms with van der Waals surface area (Å²) in [4.78, 5) is 77.6. The van der Waals surface area contributed by atoms with Gasteiger partial charge in [-0.05, 0) is 80.8 Å². The zero-order chi connectivity index (χ0) is 41.7. The van der Waals surface area contributed by atoms with Crippen LogP contribution in [0.2, 0.25) is 0 Å². The third-order valence-electron chi connectivity index (χ3n) is 8.27. The topological polar surface area (TPSA) is 253 Å². The number of hydrogen-bond donors (Lipinski definition) is 6. The number of amides is 2. The molecule has 0 saturated heterocycles. The van der Waals surface area contributed by atoms with Crippen molar-refractivity contribution in [2.75, 3.05) is 29.2 Å². The van der Waals surface area contributed by atoms with E-state index in [1.54, 1.807) is 79.7 Å². The lowest BCUT2D eigenvalue weighted by Crippen LogP contribution is -2.40. The maximum Gasteiger partial charge on any atom is 0.538 e. The molecule has 0 aliphatic rings. The number of Topliss-reactive ketones (excluding diaryl/α,β-unsaturated/α-hetero) is 1. The smallest absolute Gasteiger partial charge is 0.481 e. The van der Waals surface area contributed by atoms with Gasteiger partial charge in [-0.15, -0.1) is 0 Å². The number of phosphoric acid groups is 1. The number of carbonyl (C=O) groups excluding carboxylic acids is 3. The van der Waals surface area contributed by atoms with E-state index in [2.05, 4.69) is 45.7 Å². The highest BCUT2D eigenvalue weighted by Gasteiger charge is 2.26. The number of anilines is 4. The first-order chi connectivity index (χ1) is 27.9. The highest BCUT2D eigenvalue weighted by Crippen LogP contribution is 2.49. The van der Waals surface area contributed by atoms with Gasteiger partial charge in [0.15, 0.2) is 16.9 Å². The number of fused-ring (bicyclic) bond motifs is 1. The Hall–Kier alpha value is -6.93. The van der Waals surface area contributed by atoms with Crippen LogP contribution in [0.15, 0.2) is 83.8 Å². The van der Waals surface area contributed by atoms with Crippen LogP contribution in [0.3, 0.4) is 0 Å². The molecular weight excluding hydrogens is 771 g/mol. The standard InChI is InChI=1S/C39H39N8O10P/c1-4-55-58(54,56-5-2)57-21-20-25-10-14-28(15-11-25)43-37(52)30-8-6-7-9-32(30)45-39-46-35-34(38(53)47-39)42-29(23-41-35)22-40-27-16-12-26(13-17-27)36(51)44-31(24(3)48)18-19-33(49)50/h1,6-17,23,31,40H,5,18-22H2,2-3H3,(H,43,52)(H,44,51)(H,49,50)(H2,41,45,46,47,53)/t31-,58?/m0/s1. The fourth-order valence-electron chi connectivity index (χ4n) is 5.38. The number of aromatic nitrogens is 4. The molecule has 5 rings (SSSR count). The molecule has 0 fully saturated rings. The Labute approximate surface area is 331 Å². The van der Waals surface area contributed by atoms with E-state index in [1.165, 1.54) is 13.1 Å². The first-order valence-corrected chi connectivity index (χ1v) is 19.2. The number of carbonyl (C=O) groups is 4. The molecule has 2 aromatic heterocycles. The van der Waals surface area contributed by atoms with Crippen molar-refractivity contribution in [3.05, 3.63) is 112 Å². The number of carboxylic acid groups (broad SMARTS) is 1. The van der Waals surface area contributed by atoms with Gasteiger partial charge < -0.3 is 35.9 Å². The Morgan fingerprint density at radius 2 is 1.69 bits per heavy atom. The van der Waals surface area contributed by atoms with Gasteiger partial charge in [-0.2, -0.15) is 4.98 Å². The van der Waals surface area contributed by atoms with Crippen molar-refractivity contribution < 1.29 is 42.4 Å². The van der Waals surface area contributed by atoms with Gasteiger partial charge in [0.2, 0.25) is 5.95 Å². The quantitative estimate of drug-likeness (QED) is 0.0437. The number of aliphatic carboxylic acids is 1. The lowest BCUT2D eigenvalue weighted by molar-refractivity contribution is -0.137. The lowest BCUT2D eigenvalue weighted by atomic mass is 10.1. The predicted octanol–water partition coefficient (Wildman–Crippen LogP) is 5.18. The third-order valence-corrected chi connectivity index (χ3v) is 9.67. The molecule has 5 aromatic rings. The molecule has 0 saturated carbocycles. The van der Waals surface area contributed by atoms with Crippen LogP contribution in [0.25, 0.3) is 11.2 Å². The van der Waals surface area contributed by atoms with Crippen LogP contribution in [0.5, 0.6) is 0 Å². The minimum atomic E-state index is -3.85. The van der Waals surface area contributed by atoms with Crippen LogP contribution >= 0.6 is 7.82 Å². The Morgan fingerprint density at radius 1 is 0.966 bits per heavy atom. The summed E-state index contributed by atoms with van der Waals surface area (Å²) in [6, 6.07) is 19.1. The SMILES string of the molecule is C#COP(=O)(OCC)OCCc1ccc(NC(=O)c2ccccc2Nc2nc(=O)c3nc(CNc4ccc(C(=O)N[C@@H](CCC(=O)O)C(C)=O)cc4)cnc3[nH]2)cc1. The number of rotatable bonds is 20. The number of carboxylic acids is 1. The monoisotopic (exact) mass is 810 g/mol. The van der Waals surface area contributed by atoms with Gasteiger partial charge in [0.1, 0.15) is 6.11 Å². The van der Waals surface area contributed by atoms with Crippen molar-refractivity contribution in [1.82, 2.24) is 25.3 Å². The molecule has 6 N–H and O–H groups in total. The molecule has 0 aliphatic carbocycles. The van der Waals surface area contributed by atoms with Crippen LogP contribution in [-0.4, -0.2) is 67.9 Å². The summed E-state index contributed by atoms with van der Waals surface area (Å²) in [7, 11) is -3.85. The van der Waals surface area contributed by atoms with Gasteiger partial charge in [-0.1, -0.05) is 30.7 Å². The third kappa shape index (κ3) is 11.8. The minimum absolute atomic E-state index is 0.00923. The van der Waals surface area contributed by atoms with E-state index in [-0.39, 0.29) is 66.6 Å². The van der Waals surface area contributed by atoms with E-state index in [0.717, 1.165) is 5.56 Å². The maximum atomic E-state index is 13.3. The number of nitrogens with zero attached hydrogens (tertiary/aromatic N) is 3. The van der Waals surface area contributed by atoms with Gasteiger partial charge in [-0.25, -0.2) is 14.5 Å². The van der Waals surface area contributed by atoms with E-state index < -0.39 is 37.2 Å². The fourth-order valence-corrected chi connectivity index (χ4v) is 6.32. The fraction of sp³-hybridized carbons (Fsp3) is 0.231. The molecule has 1 unspecified atom stereocenters. The molecule has 0 bridgehead atoms. The highest BCUT2D eigenvalue weighted by molar-refractivity contribution is 7.48. The van der Waals surface area contributed by atoms with E-state index in [0.29, 0.717) is 29.2 Å².